The zero-order chi connectivity index (χ0) is 7.44. The van der Waals surface area contributed by atoms with E-state index in [-0.39, 0.29) is 6.54 Å². The van der Waals surface area contributed by atoms with Gasteiger partial charge in [0.15, 0.2) is 0 Å². The van der Waals surface area contributed by atoms with Crippen LogP contribution in [-0.4, -0.2) is 42.7 Å². The standard InChI is InChI=1S/C5H12N2O2/c1-7(2)4(3-6)5(8)9/h4H,3,6H2,1-2H3,(H,8,9)/t4-/m0/s1. The summed E-state index contributed by atoms with van der Waals surface area (Å²) in [6, 6.07) is -0.551. The van der Waals surface area contributed by atoms with Crippen LogP contribution in [0, 0.1) is 0 Å². The first-order valence-corrected chi connectivity index (χ1v) is 2.69. The number of nitrogens with two attached hydrogens (primary N) is 1. The molecule has 4 heteroatoms. The molecule has 0 aromatic heterocycles. The fourth-order valence-electron chi connectivity index (χ4n) is 0.533. The predicted octanol–water partition coefficient (Wildman–Crippen LogP) is -1.04. The van der Waals surface area contributed by atoms with Gasteiger partial charge in [0, 0.05) is 6.54 Å². The van der Waals surface area contributed by atoms with Gasteiger partial charge < -0.3 is 10.8 Å². The maximum absolute atomic E-state index is 10.3. The average Bonchev–Trinajstić information content (AvgIpc) is 1.64. The molecule has 0 aromatic carbocycles. The van der Waals surface area contributed by atoms with Gasteiger partial charge >= 0.3 is 5.97 Å². The highest BCUT2D eigenvalue weighted by Crippen LogP contribution is 1.88. The highest BCUT2D eigenvalue weighted by atomic mass is 16.4. The molecule has 4 nitrogen and oxygen atoms in total. The Kier molecular flexibility index (Phi) is 3.19. The van der Waals surface area contributed by atoms with Crippen LogP contribution in [0.1, 0.15) is 0 Å². The molecule has 0 aromatic rings. The van der Waals surface area contributed by atoms with E-state index in [4.69, 9.17) is 10.8 Å². The second-order valence-corrected chi connectivity index (χ2v) is 2.05. The predicted molar refractivity (Wildman–Crippen MR) is 34.2 cm³/mol. The van der Waals surface area contributed by atoms with Gasteiger partial charge in [-0.2, -0.15) is 0 Å². The molecule has 0 saturated heterocycles. The van der Waals surface area contributed by atoms with E-state index < -0.39 is 12.0 Å². The van der Waals surface area contributed by atoms with Crippen LogP contribution in [0.3, 0.4) is 0 Å². The summed E-state index contributed by atoms with van der Waals surface area (Å²) in [5.41, 5.74) is 5.15. The molecule has 0 saturated carbocycles. The molecule has 0 bridgehead atoms. The van der Waals surface area contributed by atoms with Gasteiger partial charge in [0.1, 0.15) is 6.04 Å². The molecule has 54 valence electrons. The second kappa shape index (κ2) is 3.42. The highest BCUT2D eigenvalue weighted by Gasteiger charge is 2.16. The van der Waals surface area contributed by atoms with E-state index in [9.17, 15) is 4.79 Å². The summed E-state index contributed by atoms with van der Waals surface area (Å²) in [7, 11) is 3.37. The maximum Gasteiger partial charge on any atom is 0.322 e. The molecular formula is C5H12N2O2. The van der Waals surface area contributed by atoms with Gasteiger partial charge in [-0.05, 0) is 14.1 Å². The second-order valence-electron chi connectivity index (χ2n) is 2.05. The van der Waals surface area contributed by atoms with Crippen LogP contribution in [0.25, 0.3) is 0 Å². The zero-order valence-corrected chi connectivity index (χ0v) is 5.66. The summed E-state index contributed by atoms with van der Waals surface area (Å²) >= 11 is 0. The first-order valence-electron chi connectivity index (χ1n) is 2.69. The van der Waals surface area contributed by atoms with Crippen molar-refractivity contribution in [1.29, 1.82) is 0 Å². The molecule has 0 aliphatic carbocycles. The third-order valence-corrected chi connectivity index (χ3v) is 1.13. The Bertz CT molecular complexity index is 103. The third-order valence-electron chi connectivity index (χ3n) is 1.13. The van der Waals surface area contributed by atoms with Crippen LogP contribution in [0.2, 0.25) is 0 Å². The molecule has 0 fully saturated rings. The lowest BCUT2D eigenvalue weighted by Gasteiger charge is -2.16. The summed E-state index contributed by atoms with van der Waals surface area (Å²) < 4.78 is 0. The Morgan fingerprint density at radius 2 is 2.22 bits per heavy atom. The number of nitrogens with zero attached hydrogens (tertiary/aromatic N) is 1. The molecule has 0 heterocycles. The molecule has 0 unspecified atom stereocenters. The van der Waals surface area contributed by atoms with Crippen molar-refractivity contribution in [3.05, 3.63) is 0 Å². The van der Waals surface area contributed by atoms with Crippen LogP contribution < -0.4 is 5.73 Å². The summed E-state index contributed by atoms with van der Waals surface area (Å²) in [6.07, 6.45) is 0. The Labute approximate surface area is 54.3 Å². The number of rotatable bonds is 3. The van der Waals surface area contributed by atoms with Crippen molar-refractivity contribution in [2.75, 3.05) is 20.6 Å². The third kappa shape index (κ3) is 2.43. The number of aliphatic carboxylic acids is 1. The van der Waals surface area contributed by atoms with E-state index in [0.717, 1.165) is 0 Å². The van der Waals surface area contributed by atoms with Crippen molar-refractivity contribution >= 4 is 5.97 Å². The van der Waals surface area contributed by atoms with Gasteiger partial charge in [0.2, 0.25) is 0 Å². The van der Waals surface area contributed by atoms with Gasteiger partial charge in [-0.15, -0.1) is 0 Å². The van der Waals surface area contributed by atoms with Crippen molar-refractivity contribution < 1.29 is 9.90 Å². The summed E-state index contributed by atoms with van der Waals surface area (Å²) in [5.74, 6) is -0.873. The first-order chi connectivity index (χ1) is 4.09. The average molecular weight is 132 g/mol. The van der Waals surface area contributed by atoms with Crippen LogP contribution in [0.5, 0.6) is 0 Å². The van der Waals surface area contributed by atoms with Gasteiger partial charge in [0.25, 0.3) is 0 Å². The van der Waals surface area contributed by atoms with Crippen LogP contribution in [-0.2, 0) is 4.79 Å². The van der Waals surface area contributed by atoms with Crippen LogP contribution >= 0.6 is 0 Å². The minimum Gasteiger partial charge on any atom is -0.480 e. The lowest BCUT2D eigenvalue weighted by Crippen LogP contribution is -2.41. The van der Waals surface area contributed by atoms with Gasteiger partial charge in [0.05, 0.1) is 0 Å². The van der Waals surface area contributed by atoms with E-state index in [2.05, 4.69) is 0 Å². The molecule has 0 rings (SSSR count). The lowest BCUT2D eigenvalue weighted by molar-refractivity contribution is -0.141. The van der Waals surface area contributed by atoms with E-state index in [1.54, 1.807) is 19.0 Å². The molecule has 0 radical (unpaired) electrons. The fourth-order valence-corrected chi connectivity index (χ4v) is 0.533. The van der Waals surface area contributed by atoms with Crippen molar-refractivity contribution in [3.8, 4) is 0 Å². The van der Waals surface area contributed by atoms with Crippen LogP contribution in [0.15, 0.2) is 0 Å². The van der Waals surface area contributed by atoms with Crippen molar-refractivity contribution in [2.45, 2.75) is 6.04 Å². The highest BCUT2D eigenvalue weighted by molar-refractivity contribution is 5.73. The number of carbonyl (C=O) groups is 1. The molecule has 3 N–H and O–H groups in total. The largest absolute Gasteiger partial charge is 0.480 e. The smallest absolute Gasteiger partial charge is 0.322 e. The number of hydrogen-bond donors (Lipinski definition) is 2. The van der Waals surface area contributed by atoms with Gasteiger partial charge in [-0.1, -0.05) is 0 Å². The summed E-state index contributed by atoms with van der Waals surface area (Å²) in [5, 5.41) is 8.42. The van der Waals surface area contributed by atoms with Crippen molar-refractivity contribution in [2.24, 2.45) is 5.73 Å². The lowest BCUT2D eigenvalue weighted by atomic mass is 10.3. The van der Waals surface area contributed by atoms with E-state index in [0.29, 0.717) is 0 Å². The fraction of sp³-hybridized carbons (Fsp3) is 0.800. The molecule has 0 spiro atoms. The van der Waals surface area contributed by atoms with E-state index in [1.807, 2.05) is 0 Å². The normalized spacial score (nSPS) is 13.8. The monoisotopic (exact) mass is 132 g/mol. The number of carboxylic acid groups (broad SMARTS) is 1. The Balaban J connectivity index is 3.83. The summed E-state index contributed by atoms with van der Waals surface area (Å²) in [6.45, 7) is 0.155. The topological polar surface area (TPSA) is 66.6 Å². The number of likely N-dealkylation sites (N-methyl/N-ethyl adjacent to an activating group) is 1. The van der Waals surface area contributed by atoms with Gasteiger partial charge in [-0.3, -0.25) is 9.69 Å². The quantitative estimate of drug-likeness (QED) is 0.514. The van der Waals surface area contributed by atoms with Crippen molar-refractivity contribution in [1.82, 2.24) is 4.90 Å². The van der Waals surface area contributed by atoms with Crippen LogP contribution in [0.4, 0.5) is 0 Å². The summed E-state index contributed by atoms with van der Waals surface area (Å²) in [4.78, 5) is 11.8. The molecule has 0 amide bonds. The Hall–Kier alpha value is -0.610. The van der Waals surface area contributed by atoms with Gasteiger partial charge in [-0.25, -0.2) is 0 Å². The van der Waals surface area contributed by atoms with Crippen molar-refractivity contribution in [3.63, 3.8) is 0 Å². The maximum atomic E-state index is 10.3. The molecular weight excluding hydrogens is 120 g/mol. The number of carboxylic acids is 1. The molecule has 0 aliphatic heterocycles. The zero-order valence-electron chi connectivity index (χ0n) is 5.66. The molecule has 1 atom stereocenters. The number of hydrogen-bond acceptors (Lipinski definition) is 3. The Morgan fingerprint density at radius 1 is 1.78 bits per heavy atom. The SMILES string of the molecule is CN(C)[C@@H](CN)C(=O)O. The minimum atomic E-state index is -0.873. The molecule has 0 aliphatic rings. The first kappa shape index (κ1) is 8.39. The van der Waals surface area contributed by atoms with E-state index >= 15 is 0 Å². The Morgan fingerprint density at radius 3 is 2.22 bits per heavy atom. The molecule has 9 heavy (non-hydrogen) atoms. The van der Waals surface area contributed by atoms with E-state index in [1.165, 1.54) is 0 Å². The minimum absolute atomic E-state index is 0.155.